The largest absolute Gasteiger partial charge is 0.383 e. The average Bonchev–Trinajstić information content (AvgIpc) is 3.00. The maximum absolute atomic E-state index is 11.7. The van der Waals surface area contributed by atoms with Crippen molar-refractivity contribution in [2.24, 2.45) is 11.8 Å². The molecular weight excluding hydrogens is 232 g/mol. The molecule has 4 N–H and O–H groups in total. The van der Waals surface area contributed by atoms with Crippen LogP contribution >= 0.6 is 0 Å². The standard InChI is InChI=1S/C12H20N4O2/c1-3-4-16-10(13)9(11(17)15-12(16)18)14-6-8-5-7(8)2/h7-8,14H,3-6,13H2,1-2H3,(H,15,17,18). The molecule has 2 atom stereocenters. The summed E-state index contributed by atoms with van der Waals surface area (Å²) >= 11 is 0. The summed E-state index contributed by atoms with van der Waals surface area (Å²) in [4.78, 5) is 25.6. The van der Waals surface area contributed by atoms with Gasteiger partial charge in [-0.25, -0.2) is 4.79 Å². The monoisotopic (exact) mass is 252 g/mol. The maximum Gasteiger partial charge on any atom is 0.330 e. The van der Waals surface area contributed by atoms with E-state index in [1.807, 2.05) is 6.92 Å². The fraction of sp³-hybridized carbons (Fsp3) is 0.667. The molecule has 1 aliphatic carbocycles. The van der Waals surface area contributed by atoms with E-state index >= 15 is 0 Å². The highest BCUT2D eigenvalue weighted by molar-refractivity contribution is 5.60. The first-order chi connectivity index (χ1) is 8.54. The van der Waals surface area contributed by atoms with Crippen molar-refractivity contribution in [2.75, 3.05) is 17.6 Å². The third kappa shape index (κ3) is 2.42. The van der Waals surface area contributed by atoms with Gasteiger partial charge in [0.2, 0.25) is 0 Å². The van der Waals surface area contributed by atoms with Crippen molar-refractivity contribution in [3.05, 3.63) is 20.8 Å². The minimum absolute atomic E-state index is 0.235. The normalized spacial score (nSPS) is 21.9. The lowest BCUT2D eigenvalue weighted by atomic mass is 10.3. The molecule has 0 radical (unpaired) electrons. The average molecular weight is 252 g/mol. The molecule has 0 aliphatic heterocycles. The van der Waals surface area contributed by atoms with Gasteiger partial charge in [-0.15, -0.1) is 0 Å². The summed E-state index contributed by atoms with van der Waals surface area (Å²) in [5, 5.41) is 3.07. The highest BCUT2D eigenvalue weighted by Crippen LogP contribution is 2.37. The number of aromatic nitrogens is 2. The molecule has 1 aromatic rings. The highest BCUT2D eigenvalue weighted by Gasteiger charge is 2.32. The van der Waals surface area contributed by atoms with Gasteiger partial charge in [-0.1, -0.05) is 13.8 Å². The van der Waals surface area contributed by atoms with Gasteiger partial charge in [0, 0.05) is 13.1 Å². The molecule has 6 heteroatoms. The van der Waals surface area contributed by atoms with Gasteiger partial charge in [0.05, 0.1) is 0 Å². The molecular formula is C12H20N4O2. The lowest BCUT2D eigenvalue weighted by Crippen LogP contribution is -2.34. The zero-order valence-corrected chi connectivity index (χ0v) is 10.8. The van der Waals surface area contributed by atoms with Crippen molar-refractivity contribution >= 4 is 11.5 Å². The Morgan fingerprint density at radius 3 is 2.72 bits per heavy atom. The van der Waals surface area contributed by atoms with E-state index in [1.165, 1.54) is 11.0 Å². The molecule has 2 unspecified atom stereocenters. The molecule has 18 heavy (non-hydrogen) atoms. The Hall–Kier alpha value is -1.72. The van der Waals surface area contributed by atoms with Crippen molar-refractivity contribution in [3.63, 3.8) is 0 Å². The number of hydrogen-bond donors (Lipinski definition) is 3. The number of nitrogens with two attached hydrogens (primary N) is 1. The van der Waals surface area contributed by atoms with Crippen LogP contribution in [0.15, 0.2) is 9.59 Å². The van der Waals surface area contributed by atoms with E-state index in [9.17, 15) is 9.59 Å². The smallest absolute Gasteiger partial charge is 0.330 e. The fourth-order valence-electron chi connectivity index (χ4n) is 2.12. The Bertz CT molecular complexity index is 546. The second-order valence-corrected chi connectivity index (χ2v) is 5.03. The van der Waals surface area contributed by atoms with E-state index in [1.54, 1.807) is 0 Å². The summed E-state index contributed by atoms with van der Waals surface area (Å²) in [7, 11) is 0. The maximum atomic E-state index is 11.7. The molecule has 0 aromatic carbocycles. The van der Waals surface area contributed by atoms with E-state index in [0.29, 0.717) is 24.1 Å². The van der Waals surface area contributed by atoms with Crippen molar-refractivity contribution in [3.8, 4) is 0 Å². The number of hydrogen-bond acceptors (Lipinski definition) is 4. The molecule has 2 rings (SSSR count). The lowest BCUT2D eigenvalue weighted by molar-refractivity contribution is 0.642. The Labute approximate surface area is 105 Å². The summed E-state index contributed by atoms with van der Waals surface area (Å²) < 4.78 is 1.40. The van der Waals surface area contributed by atoms with Crippen LogP contribution in [0.1, 0.15) is 26.7 Å². The minimum Gasteiger partial charge on any atom is -0.383 e. The summed E-state index contributed by atoms with van der Waals surface area (Å²) in [6.45, 7) is 5.38. The molecule has 6 nitrogen and oxygen atoms in total. The van der Waals surface area contributed by atoms with Gasteiger partial charge in [0.15, 0.2) is 0 Å². The molecule has 0 amide bonds. The summed E-state index contributed by atoms with van der Waals surface area (Å²) in [6, 6.07) is 0. The number of rotatable bonds is 5. The zero-order chi connectivity index (χ0) is 13.3. The first-order valence-electron chi connectivity index (χ1n) is 6.41. The van der Waals surface area contributed by atoms with Gasteiger partial charge in [0.1, 0.15) is 11.5 Å². The Morgan fingerprint density at radius 1 is 1.50 bits per heavy atom. The molecule has 0 spiro atoms. The number of nitrogens with zero attached hydrogens (tertiary/aromatic N) is 1. The second kappa shape index (κ2) is 4.88. The number of H-pyrrole nitrogens is 1. The molecule has 1 fully saturated rings. The van der Waals surface area contributed by atoms with Crippen LogP contribution in [0.3, 0.4) is 0 Å². The number of nitrogen functional groups attached to an aromatic ring is 1. The van der Waals surface area contributed by atoms with Crippen molar-refractivity contribution in [2.45, 2.75) is 33.2 Å². The van der Waals surface area contributed by atoms with Gasteiger partial charge in [-0.2, -0.15) is 0 Å². The van der Waals surface area contributed by atoms with Crippen molar-refractivity contribution < 1.29 is 0 Å². The van der Waals surface area contributed by atoms with E-state index in [4.69, 9.17) is 5.73 Å². The van der Waals surface area contributed by atoms with Crippen LogP contribution in [0.2, 0.25) is 0 Å². The van der Waals surface area contributed by atoms with Crippen molar-refractivity contribution in [1.82, 2.24) is 9.55 Å². The predicted octanol–water partition coefficient (Wildman–Crippen LogP) is 0.597. The van der Waals surface area contributed by atoms with E-state index < -0.39 is 11.2 Å². The quantitative estimate of drug-likeness (QED) is 0.715. The Balaban J connectivity index is 2.25. The van der Waals surface area contributed by atoms with Gasteiger partial charge in [-0.3, -0.25) is 14.3 Å². The first kappa shape index (κ1) is 12.7. The van der Waals surface area contributed by atoms with Crippen LogP contribution in [0.5, 0.6) is 0 Å². The van der Waals surface area contributed by atoms with E-state index in [-0.39, 0.29) is 5.82 Å². The Kier molecular flexibility index (Phi) is 3.45. The molecule has 1 aromatic heterocycles. The van der Waals surface area contributed by atoms with Crippen molar-refractivity contribution in [1.29, 1.82) is 0 Å². The van der Waals surface area contributed by atoms with Crippen LogP contribution in [0.25, 0.3) is 0 Å². The SMILES string of the molecule is CCCn1c(N)c(NCC2CC2C)c(=O)[nH]c1=O. The van der Waals surface area contributed by atoms with Crippen LogP contribution < -0.4 is 22.3 Å². The summed E-state index contributed by atoms with van der Waals surface area (Å²) in [5.74, 6) is 1.55. The molecule has 1 saturated carbocycles. The van der Waals surface area contributed by atoms with Crippen LogP contribution in [0, 0.1) is 11.8 Å². The lowest BCUT2D eigenvalue weighted by Gasteiger charge is -2.13. The number of nitrogens with one attached hydrogen (secondary N) is 2. The number of aromatic amines is 1. The van der Waals surface area contributed by atoms with E-state index in [0.717, 1.165) is 13.0 Å². The van der Waals surface area contributed by atoms with Crippen LogP contribution in [-0.2, 0) is 6.54 Å². The second-order valence-electron chi connectivity index (χ2n) is 5.03. The Morgan fingerprint density at radius 2 is 2.17 bits per heavy atom. The molecule has 0 saturated heterocycles. The third-order valence-electron chi connectivity index (χ3n) is 3.50. The third-order valence-corrected chi connectivity index (χ3v) is 3.50. The molecule has 1 heterocycles. The van der Waals surface area contributed by atoms with Gasteiger partial charge in [0.25, 0.3) is 5.56 Å². The number of anilines is 2. The van der Waals surface area contributed by atoms with Crippen LogP contribution in [-0.4, -0.2) is 16.1 Å². The van der Waals surface area contributed by atoms with Gasteiger partial charge >= 0.3 is 5.69 Å². The summed E-state index contributed by atoms with van der Waals surface area (Å²) in [5.41, 5.74) is 5.34. The summed E-state index contributed by atoms with van der Waals surface area (Å²) in [6.07, 6.45) is 1.97. The van der Waals surface area contributed by atoms with Gasteiger partial charge in [-0.05, 0) is 24.7 Å². The topological polar surface area (TPSA) is 92.9 Å². The minimum atomic E-state index is -0.440. The molecule has 1 aliphatic rings. The fourth-order valence-corrected chi connectivity index (χ4v) is 2.12. The van der Waals surface area contributed by atoms with Gasteiger partial charge < -0.3 is 11.1 Å². The van der Waals surface area contributed by atoms with E-state index in [2.05, 4.69) is 17.2 Å². The molecule has 100 valence electrons. The highest BCUT2D eigenvalue weighted by atomic mass is 16.2. The first-order valence-corrected chi connectivity index (χ1v) is 6.41. The van der Waals surface area contributed by atoms with Crippen LogP contribution in [0.4, 0.5) is 11.5 Å². The predicted molar refractivity (Wildman–Crippen MR) is 71.8 cm³/mol. The zero-order valence-electron chi connectivity index (χ0n) is 10.8. The molecule has 0 bridgehead atoms.